The van der Waals surface area contributed by atoms with Gasteiger partial charge in [0.05, 0.1) is 33.5 Å². The molecule has 3 aromatic heterocycles. The van der Waals surface area contributed by atoms with E-state index in [0.29, 0.717) is 5.82 Å². The van der Waals surface area contributed by atoms with Gasteiger partial charge >= 0.3 is 0 Å². The molecule has 0 spiro atoms. The van der Waals surface area contributed by atoms with Gasteiger partial charge < -0.3 is 9.13 Å². The maximum absolute atomic E-state index is 5.18. The van der Waals surface area contributed by atoms with Crippen molar-refractivity contribution < 1.29 is 0 Å². The predicted octanol–water partition coefficient (Wildman–Crippen LogP) is 16.7. The van der Waals surface area contributed by atoms with Crippen molar-refractivity contribution in [2.75, 3.05) is 0 Å². The smallest absolute Gasteiger partial charge is 0.160 e. The lowest BCUT2D eigenvalue weighted by Gasteiger charge is -2.13. The molecule has 318 valence electrons. The minimum absolute atomic E-state index is 0.701. The molecule has 0 radical (unpaired) electrons. The van der Waals surface area contributed by atoms with E-state index in [1.807, 2.05) is 24.3 Å². The van der Waals surface area contributed by atoms with Crippen molar-refractivity contribution in [3.63, 3.8) is 0 Å². The Hall–Kier alpha value is -9.12. The topological polar surface area (TPSA) is 35.6 Å². The van der Waals surface area contributed by atoms with Crippen molar-refractivity contribution in [3.8, 4) is 78.7 Å². The first kappa shape index (κ1) is 39.3. The standard InChI is InChI=1S/C64H42N4/c1-4-15-43(16-5-1)44-27-29-45(30-28-44)46-31-35-52(36-32-46)67-60-25-12-10-23-54(60)56-37-33-49(40-62(56)67)50-34-38-57-55-24-11-13-26-61(55)68(63(57)41-50)53-22-14-21-51(39-53)59-42-58(47-17-6-2-7-18-47)65-64(66-59)48-19-8-3-9-20-48/h1-42H. The highest BCUT2D eigenvalue weighted by atomic mass is 15.0. The number of nitrogens with zero attached hydrogens (tertiary/aromatic N) is 4. The molecule has 10 aromatic carbocycles. The summed E-state index contributed by atoms with van der Waals surface area (Å²) in [6, 6.07) is 91.2. The average Bonchev–Trinajstić information content (AvgIpc) is 3.94. The molecule has 0 saturated heterocycles. The third-order valence-corrected chi connectivity index (χ3v) is 13.4. The quantitative estimate of drug-likeness (QED) is 0.153. The van der Waals surface area contributed by atoms with Crippen molar-refractivity contribution in [2.24, 2.45) is 0 Å². The van der Waals surface area contributed by atoms with Gasteiger partial charge in [-0.2, -0.15) is 0 Å². The van der Waals surface area contributed by atoms with Gasteiger partial charge in [0.2, 0.25) is 0 Å². The Balaban J connectivity index is 0.910. The van der Waals surface area contributed by atoms with Crippen molar-refractivity contribution in [2.45, 2.75) is 0 Å². The molecule has 68 heavy (non-hydrogen) atoms. The summed E-state index contributed by atoms with van der Waals surface area (Å²) in [5.41, 5.74) is 18.8. The van der Waals surface area contributed by atoms with Crippen LogP contribution in [0.3, 0.4) is 0 Å². The van der Waals surface area contributed by atoms with Crippen LogP contribution in [0, 0.1) is 0 Å². The summed E-state index contributed by atoms with van der Waals surface area (Å²) in [6.45, 7) is 0. The minimum Gasteiger partial charge on any atom is -0.309 e. The molecular formula is C64H42N4. The molecule has 0 aliphatic rings. The van der Waals surface area contributed by atoms with Crippen molar-refractivity contribution in [1.82, 2.24) is 19.1 Å². The van der Waals surface area contributed by atoms with Gasteiger partial charge in [0.25, 0.3) is 0 Å². The van der Waals surface area contributed by atoms with E-state index in [2.05, 4.69) is 240 Å². The van der Waals surface area contributed by atoms with Crippen LogP contribution in [0.4, 0.5) is 0 Å². The Morgan fingerprint density at radius 3 is 1.18 bits per heavy atom. The van der Waals surface area contributed by atoms with Crippen LogP contribution in [0.25, 0.3) is 122 Å². The molecule has 13 aromatic rings. The van der Waals surface area contributed by atoms with Gasteiger partial charge in [0.1, 0.15) is 0 Å². The van der Waals surface area contributed by atoms with Gasteiger partial charge in [-0.3, -0.25) is 0 Å². The van der Waals surface area contributed by atoms with Gasteiger partial charge in [-0.15, -0.1) is 0 Å². The maximum atomic E-state index is 5.18. The van der Waals surface area contributed by atoms with Crippen LogP contribution in [-0.2, 0) is 0 Å². The van der Waals surface area contributed by atoms with E-state index in [9.17, 15) is 0 Å². The highest BCUT2D eigenvalue weighted by Gasteiger charge is 2.18. The van der Waals surface area contributed by atoms with Gasteiger partial charge in [-0.1, -0.05) is 200 Å². The van der Waals surface area contributed by atoms with Crippen molar-refractivity contribution in [3.05, 3.63) is 255 Å². The number of para-hydroxylation sites is 2. The van der Waals surface area contributed by atoms with Crippen LogP contribution >= 0.6 is 0 Å². The van der Waals surface area contributed by atoms with Gasteiger partial charge in [0, 0.05) is 49.6 Å². The first-order valence-corrected chi connectivity index (χ1v) is 23.1. The highest BCUT2D eigenvalue weighted by Crippen LogP contribution is 2.39. The highest BCUT2D eigenvalue weighted by molar-refractivity contribution is 6.12. The van der Waals surface area contributed by atoms with Crippen molar-refractivity contribution >= 4 is 43.6 Å². The maximum Gasteiger partial charge on any atom is 0.160 e. The number of fused-ring (bicyclic) bond motifs is 6. The third kappa shape index (κ3) is 6.86. The zero-order valence-corrected chi connectivity index (χ0v) is 37.0. The summed E-state index contributed by atoms with van der Waals surface area (Å²) in [6.07, 6.45) is 0. The number of rotatable bonds is 8. The van der Waals surface area contributed by atoms with Gasteiger partial charge in [-0.25, -0.2) is 9.97 Å². The predicted molar refractivity (Wildman–Crippen MR) is 283 cm³/mol. The summed E-state index contributed by atoms with van der Waals surface area (Å²) < 4.78 is 4.82. The number of benzene rings is 10. The molecule has 0 aliphatic carbocycles. The Kier molecular flexibility index (Phi) is 9.47. The Morgan fingerprint density at radius 1 is 0.221 bits per heavy atom. The molecule has 0 N–H and O–H groups in total. The van der Waals surface area contributed by atoms with Gasteiger partial charge in [0.15, 0.2) is 5.82 Å². The van der Waals surface area contributed by atoms with E-state index in [-0.39, 0.29) is 0 Å². The van der Waals surface area contributed by atoms with Crippen LogP contribution in [0.1, 0.15) is 0 Å². The Labute approximate surface area is 394 Å². The number of hydrogen-bond donors (Lipinski definition) is 0. The normalized spacial score (nSPS) is 11.5. The van der Waals surface area contributed by atoms with E-state index in [1.54, 1.807) is 0 Å². The summed E-state index contributed by atoms with van der Waals surface area (Å²) in [5, 5.41) is 4.89. The Morgan fingerprint density at radius 2 is 0.618 bits per heavy atom. The summed E-state index contributed by atoms with van der Waals surface area (Å²) in [5.74, 6) is 0.701. The average molecular weight is 867 g/mol. The van der Waals surface area contributed by atoms with E-state index in [4.69, 9.17) is 9.97 Å². The lowest BCUT2D eigenvalue weighted by atomic mass is 10.00. The molecule has 0 saturated carbocycles. The third-order valence-electron chi connectivity index (χ3n) is 13.4. The van der Waals surface area contributed by atoms with Crippen LogP contribution < -0.4 is 0 Å². The first-order valence-electron chi connectivity index (χ1n) is 23.1. The molecule has 4 heteroatoms. The first-order chi connectivity index (χ1) is 33.7. The number of hydrogen-bond acceptors (Lipinski definition) is 2. The lowest BCUT2D eigenvalue weighted by molar-refractivity contribution is 1.16. The van der Waals surface area contributed by atoms with Crippen LogP contribution in [0.2, 0.25) is 0 Å². The Bertz CT molecular complexity index is 3920. The molecule has 4 nitrogen and oxygen atoms in total. The largest absolute Gasteiger partial charge is 0.309 e. The molecule has 13 rings (SSSR count). The fourth-order valence-electron chi connectivity index (χ4n) is 10.0. The molecule has 0 bridgehead atoms. The molecule has 0 fully saturated rings. The van der Waals surface area contributed by atoms with E-state index >= 15 is 0 Å². The second-order valence-corrected chi connectivity index (χ2v) is 17.4. The SMILES string of the molecule is c1ccc(-c2ccc(-c3ccc(-n4c5ccccc5c5ccc(-c6ccc7c8ccccc8n(-c8cccc(-c9cc(-c%10ccccc%10)nc(-c%10ccccc%10)n9)c8)c7c6)cc54)cc3)cc2)cc1. The lowest BCUT2D eigenvalue weighted by Crippen LogP contribution is -1.98. The summed E-state index contributed by atoms with van der Waals surface area (Å²) in [4.78, 5) is 10.2. The second-order valence-electron chi connectivity index (χ2n) is 17.4. The number of aromatic nitrogens is 4. The molecule has 0 amide bonds. The zero-order valence-electron chi connectivity index (χ0n) is 37.0. The minimum atomic E-state index is 0.701. The molecule has 0 aliphatic heterocycles. The summed E-state index contributed by atoms with van der Waals surface area (Å²) in [7, 11) is 0. The molecule has 0 unspecified atom stereocenters. The fourth-order valence-corrected chi connectivity index (χ4v) is 10.0. The fraction of sp³-hybridized carbons (Fsp3) is 0. The van der Waals surface area contributed by atoms with E-state index in [0.717, 1.165) is 61.6 Å². The molecular weight excluding hydrogens is 825 g/mol. The van der Waals surface area contributed by atoms with Gasteiger partial charge in [-0.05, 0) is 88.0 Å². The van der Waals surface area contributed by atoms with Crippen molar-refractivity contribution in [1.29, 1.82) is 0 Å². The van der Waals surface area contributed by atoms with Crippen LogP contribution in [0.15, 0.2) is 255 Å². The monoisotopic (exact) mass is 866 g/mol. The second kappa shape index (κ2) is 16.4. The molecule has 0 atom stereocenters. The summed E-state index contributed by atoms with van der Waals surface area (Å²) >= 11 is 0. The van der Waals surface area contributed by atoms with Crippen LogP contribution in [0.5, 0.6) is 0 Å². The van der Waals surface area contributed by atoms with E-state index < -0.39 is 0 Å². The molecule has 3 heterocycles. The van der Waals surface area contributed by atoms with Crippen LogP contribution in [-0.4, -0.2) is 19.1 Å². The van der Waals surface area contributed by atoms with E-state index in [1.165, 1.54) is 54.8 Å². The zero-order chi connectivity index (χ0) is 45.0.